The van der Waals surface area contributed by atoms with Gasteiger partial charge in [-0.3, -0.25) is 4.79 Å². The second-order valence-corrected chi connectivity index (χ2v) is 7.72. The molecule has 2 rings (SSSR count). The molecule has 0 bridgehead atoms. The van der Waals surface area contributed by atoms with E-state index in [1.54, 1.807) is 0 Å². The zero-order chi connectivity index (χ0) is 19.1. The van der Waals surface area contributed by atoms with Crippen molar-refractivity contribution in [2.75, 3.05) is 6.61 Å². The molecule has 0 radical (unpaired) electrons. The second kappa shape index (κ2) is 9.89. The maximum Gasteiger partial charge on any atom is 0.317 e. The fourth-order valence-corrected chi connectivity index (χ4v) is 3.67. The number of hydrogen-bond acceptors (Lipinski definition) is 5. The van der Waals surface area contributed by atoms with Gasteiger partial charge >= 0.3 is 12.0 Å². The van der Waals surface area contributed by atoms with Gasteiger partial charge in [0, 0.05) is 12.3 Å². The highest BCUT2D eigenvalue weighted by Crippen LogP contribution is 2.36. The molecule has 5 nitrogen and oxygen atoms in total. The summed E-state index contributed by atoms with van der Waals surface area (Å²) in [7, 11) is 0. The SMILES string of the molecule is CCOC(=O)CCc1c(C(C)C)nc(OC(C)C)nc1C1CCCCC1. The number of rotatable bonds is 8. The minimum Gasteiger partial charge on any atom is -0.466 e. The summed E-state index contributed by atoms with van der Waals surface area (Å²) in [6.45, 7) is 10.5. The van der Waals surface area contributed by atoms with Gasteiger partial charge in [-0.25, -0.2) is 0 Å². The predicted molar refractivity (Wildman–Crippen MR) is 103 cm³/mol. The Bertz CT molecular complexity index is 593. The average molecular weight is 363 g/mol. The minimum absolute atomic E-state index is 0.0413. The molecule has 1 fully saturated rings. The van der Waals surface area contributed by atoms with Gasteiger partial charge in [-0.05, 0) is 51.5 Å². The van der Waals surface area contributed by atoms with E-state index in [0.717, 1.165) is 29.8 Å². The maximum atomic E-state index is 11.9. The third-order valence-electron chi connectivity index (χ3n) is 4.81. The summed E-state index contributed by atoms with van der Waals surface area (Å²) in [5.74, 6) is 0.544. The molecule has 5 heteroatoms. The first-order chi connectivity index (χ1) is 12.4. The van der Waals surface area contributed by atoms with Crippen LogP contribution in [0.1, 0.15) is 102 Å². The highest BCUT2D eigenvalue weighted by Gasteiger charge is 2.26. The molecule has 0 unspecified atom stereocenters. The normalized spacial score (nSPS) is 15.5. The number of hydrogen-bond donors (Lipinski definition) is 0. The van der Waals surface area contributed by atoms with Crippen LogP contribution >= 0.6 is 0 Å². The number of nitrogens with zero attached hydrogens (tertiary/aromatic N) is 2. The first kappa shape index (κ1) is 20.7. The van der Waals surface area contributed by atoms with Gasteiger partial charge in [-0.1, -0.05) is 33.1 Å². The Balaban J connectivity index is 2.40. The third-order valence-corrected chi connectivity index (χ3v) is 4.81. The van der Waals surface area contributed by atoms with Gasteiger partial charge in [0.2, 0.25) is 0 Å². The first-order valence-electron chi connectivity index (χ1n) is 10.1. The summed E-state index contributed by atoms with van der Waals surface area (Å²) >= 11 is 0. The van der Waals surface area contributed by atoms with Crippen molar-refractivity contribution in [3.8, 4) is 6.01 Å². The highest BCUT2D eigenvalue weighted by atomic mass is 16.5. The summed E-state index contributed by atoms with van der Waals surface area (Å²) in [6.07, 6.45) is 7.14. The molecule has 0 amide bonds. The zero-order valence-corrected chi connectivity index (χ0v) is 17.0. The van der Waals surface area contributed by atoms with Crippen LogP contribution in [0.25, 0.3) is 0 Å². The van der Waals surface area contributed by atoms with Crippen molar-refractivity contribution < 1.29 is 14.3 Å². The van der Waals surface area contributed by atoms with Crippen LogP contribution in [0.5, 0.6) is 6.01 Å². The Labute approximate surface area is 157 Å². The zero-order valence-electron chi connectivity index (χ0n) is 17.0. The van der Waals surface area contributed by atoms with E-state index in [1.807, 2.05) is 20.8 Å². The largest absolute Gasteiger partial charge is 0.466 e. The summed E-state index contributed by atoms with van der Waals surface area (Å²) in [4.78, 5) is 21.4. The molecule has 1 aromatic heterocycles. The van der Waals surface area contributed by atoms with E-state index in [4.69, 9.17) is 19.4 Å². The highest BCUT2D eigenvalue weighted by molar-refractivity contribution is 5.69. The molecule has 1 saturated carbocycles. The molecule has 0 aliphatic heterocycles. The van der Waals surface area contributed by atoms with Crippen LogP contribution in [0, 0.1) is 0 Å². The van der Waals surface area contributed by atoms with Gasteiger partial charge in [0.05, 0.1) is 24.1 Å². The molecule has 0 atom stereocenters. The molecule has 26 heavy (non-hydrogen) atoms. The van der Waals surface area contributed by atoms with Crippen molar-refractivity contribution >= 4 is 5.97 Å². The lowest BCUT2D eigenvalue weighted by atomic mass is 9.83. The molecule has 0 N–H and O–H groups in total. The van der Waals surface area contributed by atoms with Gasteiger partial charge in [0.15, 0.2) is 0 Å². The minimum atomic E-state index is -0.153. The molecule has 0 spiro atoms. The molecule has 0 saturated heterocycles. The van der Waals surface area contributed by atoms with Gasteiger partial charge in [0.1, 0.15) is 0 Å². The molecular formula is C21H34N2O3. The van der Waals surface area contributed by atoms with E-state index < -0.39 is 0 Å². The van der Waals surface area contributed by atoms with Gasteiger partial charge in [-0.2, -0.15) is 9.97 Å². The van der Waals surface area contributed by atoms with Crippen molar-refractivity contribution in [1.82, 2.24) is 9.97 Å². The van der Waals surface area contributed by atoms with Crippen LogP contribution in [-0.2, 0) is 16.0 Å². The third kappa shape index (κ3) is 5.68. The van der Waals surface area contributed by atoms with E-state index in [1.165, 1.54) is 19.3 Å². The van der Waals surface area contributed by atoms with Crippen molar-refractivity contribution in [3.05, 3.63) is 17.0 Å². The van der Waals surface area contributed by atoms with Crippen molar-refractivity contribution in [2.24, 2.45) is 0 Å². The Morgan fingerprint density at radius 2 is 1.81 bits per heavy atom. The van der Waals surface area contributed by atoms with Gasteiger partial charge < -0.3 is 9.47 Å². The second-order valence-electron chi connectivity index (χ2n) is 7.72. The number of carbonyl (C=O) groups excluding carboxylic acids is 1. The van der Waals surface area contributed by atoms with Crippen molar-refractivity contribution in [2.45, 2.75) is 97.5 Å². The van der Waals surface area contributed by atoms with Crippen molar-refractivity contribution in [1.29, 1.82) is 0 Å². The predicted octanol–water partition coefficient (Wildman–Crippen LogP) is 4.93. The quantitative estimate of drug-likeness (QED) is 0.614. The van der Waals surface area contributed by atoms with Crippen LogP contribution < -0.4 is 4.74 Å². The maximum absolute atomic E-state index is 11.9. The fraction of sp³-hybridized carbons (Fsp3) is 0.762. The van der Waals surface area contributed by atoms with Gasteiger partial charge in [-0.15, -0.1) is 0 Å². The molecule has 1 aliphatic carbocycles. The standard InChI is InChI=1S/C21H34N2O3/c1-6-25-18(24)13-12-17-19(14(2)3)22-21(26-15(4)5)23-20(17)16-10-8-7-9-11-16/h14-16H,6-13H2,1-5H3. The van der Waals surface area contributed by atoms with E-state index >= 15 is 0 Å². The Hall–Kier alpha value is -1.65. The number of aromatic nitrogens is 2. The first-order valence-corrected chi connectivity index (χ1v) is 10.1. The van der Waals surface area contributed by atoms with Crippen LogP contribution in [0.2, 0.25) is 0 Å². The molecule has 1 heterocycles. The molecule has 1 aromatic rings. The summed E-state index contributed by atoms with van der Waals surface area (Å²) in [5.41, 5.74) is 3.25. The smallest absolute Gasteiger partial charge is 0.317 e. The van der Waals surface area contributed by atoms with Crippen LogP contribution in [0.15, 0.2) is 0 Å². The molecular weight excluding hydrogens is 328 g/mol. The van der Waals surface area contributed by atoms with Gasteiger partial charge in [0.25, 0.3) is 0 Å². The topological polar surface area (TPSA) is 61.3 Å². The van der Waals surface area contributed by atoms with Crippen molar-refractivity contribution in [3.63, 3.8) is 0 Å². The molecule has 146 valence electrons. The van der Waals surface area contributed by atoms with E-state index in [2.05, 4.69) is 13.8 Å². The number of esters is 1. The Morgan fingerprint density at radius 1 is 1.12 bits per heavy atom. The van der Waals surface area contributed by atoms with Crippen LogP contribution in [0.3, 0.4) is 0 Å². The summed E-state index contributed by atoms with van der Waals surface area (Å²) in [5, 5.41) is 0. The lowest BCUT2D eigenvalue weighted by Gasteiger charge is -2.26. The average Bonchev–Trinajstić information content (AvgIpc) is 2.60. The number of carbonyl (C=O) groups is 1. The Morgan fingerprint density at radius 3 is 2.38 bits per heavy atom. The van der Waals surface area contributed by atoms with E-state index in [-0.39, 0.29) is 18.0 Å². The number of ether oxygens (including phenoxy) is 2. The van der Waals surface area contributed by atoms with E-state index in [0.29, 0.717) is 31.4 Å². The van der Waals surface area contributed by atoms with Crippen LogP contribution in [0.4, 0.5) is 0 Å². The van der Waals surface area contributed by atoms with Crippen LogP contribution in [-0.4, -0.2) is 28.6 Å². The fourth-order valence-electron chi connectivity index (χ4n) is 3.67. The molecule has 1 aliphatic rings. The monoisotopic (exact) mass is 362 g/mol. The van der Waals surface area contributed by atoms with E-state index in [9.17, 15) is 4.79 Å². The summed E-state index contributed by atoms with van der Waals surface area (Å²) < 4.78 is 11.0. The lowest BCUT2D eigenvalue weighted by molar-refractivity contribution is -0.143. The Kier molecular flexibility index (Phi) is 7.85. The lowest BCUT2D eigenvalue weighted by Crippen LogP contribution is -2.18. The summed E-state index contributed by atoms with van der Waals surface area (Å²) in [6, 6.07) is 0.476. The molecule has 0 aromatic carbocycles.